The number of aromatic nitrogens is 1. The van der Waals surface area contributed by atoms with Crippen LogP contribution in [-0.2, 0) is 14.3 Å². The number of esters is 1. The fourth-order valence-corrected chi connectivity index (χ4v) is 2.06. The zero-order chi connectivity index (χ0) is 14.4. The minimum Gasteiger partial charge on any atom is -0.469 e. The zero-order valence-electron chi connectivity index (χ0n) is 10.8. The Balaban J connectivity index is 2.62. The van der Waals surface area contributed by atoms with Crippen LogP contribution in [0.3, 0.4) is 0 Å². The van der Waals surface area contributed by atoms with Gasteiger partial charge in [0.2, 0.25) is 0 Å². The molecule has 0 bridgehead atoms. The summed E-state index contributed by atoms with van der Waals surface area (Å²) >= 11 is 3.12. The maximum absolute atomic E-state index is 12.0. The summed E-state index contributed by atoms with van der Waals surface area (Å²) in [4.78, 5) is 35.1. The molecule has 7 heteroatoms. The lowest BCUT2D eigenvalue weighted by Gasteiger charge is -2.24. The number of nitrogens with one attached hydrogen (secondary N) is 1. The van der Waals surface area contributed by atoms with E-state index in [1.807, 2.05) is 0 Å². The van der Waals surface area contributed by atoms with Crippen molar-refractivity contribution in [3.63, 3.8) is 0 Å². The van der Waals surface area contributed by atoms with E-state index in [2.05, 4.69) is 20.7 Å². The number of carbonyl (C=O) groups excluding carboxylic acids is 3. The van der Waals surface area contributed by atoms with Gasteiger partial charge in [-0.2, -0.15) is 0 Å². The molecule has 17 heavy (non-hydrogen) atoms. The number of hydrogen-bond donors (Lipinski definition) is 1. The smallest absolute Gasteiger partial charge is 0.308 e. The van der Waals surface area contributed by atoms with Crippen molar-refractivity contribution in [2.75, 3.05) is 7.11 Å². The van der Waals surface area contributed by atoms with Crippen LogP contribution < -0.4 is 5.31 Å². The topological polar surface area (TPSA) is 77.4 Å². The molecule has 1 aromatic rings. The Morgan fingerprint density at radius 1 is 1.71 bits per heavy atom. The highest BCUT2D eigenvalue weighted by atomic mass is 79.9. The first-order valence-electron chi connectivity index (χ1n) is 5.60. The molecule has 1 aromatic heterocycles. The summed E-state index contributed by atoms with van der Waals surface area (Å²) in [5.74, 6) is -2.73. The van der Waals surface area contributed by atoms with Gasteiger partial charge in [0.25, 0.3) is 11.8 Å². The minimum atomic E-state index is -2.11. The normalized spacial score (nSPS) is 25.2. The van der Waals surface area contributed by atoms with Crippen molar-refractivity contribution in [1.29, 1.82) is 0 Å². The third-order valence-corrected chi connectivity index (χ3v) is 2.93. The number of rotatable bonds is 2. The van der Waals surface area contributed by atoms with Crippen molar-refractivity contribution in [1.82, 2.24) is 9.88 Å². The molecule has 1 N–H and O–H groups in total. The number of amides is 2. The Labute approximate surface area is 108 Å². The van der Waals surface area contributed by atoms with Crippen LogP contribution in [0.5, 0.6) is 0 Å². The summed E-state index contributed by atoms with van der Waals surface area (Å²) in [5, 5.41) is 0.0950. The average Bonchev–Trinajstić information content (AvgIpc) is 2.77. The molecule has 0 aromatic carbocycles. The molecule has 0 fully saturated rings. The number of imide groups is 1. The second kappa shape index (κ2) is 4.33. The molecule has 90 valence electrons. The van der Waals surface area contributed by atoms with Crippen LogP contribution in [0.2, 0.25) is 1.41 Å². The lowest BCUT2D eigenvalue weighted by atomic mass is 10.1. The lowest BCUT2D eigenvalue weighted by Crippen LogP contribution is -2.44. The highest BCUT2D eigenvalue weighted by molar-refractivity contribution is 9.10. The molecule has 1 aliphatic heterocycles. The van der Waals surface area contributed by atoms with E-state index in [0.29, 0.717) is 4.60 Å². The van der Waals surface area contributed by atoms with E-state index < -0.39 is 30.2 Å². The molecule has 0 saturated heterocycles. The van der Waals surface area contributed by atoms with E-state index in [1.54, 1.807) is 0 Å². The van der Waals surface area contributed by atoms with Crippen LogP contribution in [0.15, 0.2) is 16.7 Å². The van der Waals surface area contributed by atoms with Crippen LogP contribution in [0.25, 0.3) is 0 Å². The zero-order valence-corrected chi connectivity index (χ0v) is 10.4. The molecule has 0 radical (unpaired) electrons. The Kier molecular flexibility index (Phi) is 2.39. The van der Waals surface area contributed by atoms with Crippen LogP contribution >= 0.6 is 15.9 Å². The number of methoxy groups -OCH3 is 1. The van der Waals surface area contributed by atoms with Gasteiger partial charge in [-0.15, -0.1) is 0 Å². The number of carbonyl (C=O) groups is 3. The summed E-state index contributed by atoms with van der Waals surface area (Å²) in [6.07, 6.45) is -0.592. The Morgan fingerprint density at radius 2 is 2.41 bits per heavy atom. The maximum atomic E-state index is 12.0. The van der Waals surface area contributed by atoms with Crippen LogP contribution in [0.4, 0.5) is 0 Å². The second-order valence-electron chi connectivity index (χ2n) is 3.30. The standard InChI is InChI=1S/C10H9BrN2O4/c1-17-8(14)4-6-10(16)12-9(15)5-2-3-7(11)13(5)6/h2-3,6H,4H2,1H3,(H,12,15,16)/t6-/m1/s1/i6D/hD. The first-order valence-corrected chi connectivity index (χ1v) is 5.44. The predicted molar refractivity (Wildman–Crippen MR) is 60.3 cm³/mol. The van der Waals surface area contributed by atoms with Crippen molar-refractivity contribution in [2.45, 2.75) is 12.4 Å². The van der Waals surface area contributed by atoms with Gasteiger partial charge < -0.3 is 9.30 Å². The first kappa shape index (κ1) is 9.41. The van der Waals surface area contributed by atoms with E-state index in [-0.39, 0.29) is 11.0 Å². The molecule has 1 aliphatic rings. The minimum absolute atomic E-state index is 0.0135. The Hall–Kier alpha value is -1.63. The van der Waals surface area contributed by atoms with Gasteiger partial charge in [-0.25, -0.2) is 0 Å². The molecular weight excluding hydrogens is 292 g/mol. The van der Waals surface area contributed by atoms with Gasteiger partial charge in [0.05, 0.1) is 19.5 Å². The van der Waals surface area contributed by atoms with Gasteiger partial charge in [0, 0.05) is 0 Å². The highest BCUT2D eigenvalue weighted by Gasteiger charge is 2.34. The summed E-state index contributed by atoms with van der Waals surface area (Å²) < 4.78 is 21.4. The summed E-state index contributed by atoms with van der Waals surface area (Å²) in [5.41, 5.74) is -0.0135. The number of ether oxygens (including phenoxy) is 1. The number of hydrogen-bond acceptors (Lipinski definition) is 4. The summed E-state index contributed by atoms with van der Waals surface area (Å²) in [6, 6.07) is 0.738. The molecule has 6 nitrogen and oxygen atoms in total. The molecule has 2 amide bonds. The van der Waals surface area contributed by atoms with E-state index >= 15 is 0 Å². The summed E-state index contributed by atoms with van der Waals surface area (Å²) in [6.45, 7) is 0. The van der Waals surface area contributed by atoms with Crippen molar-refractivity contribution in [3.05, 3.63) is 22.4 Å². The monoisotopic (exact) mass is 302 g/mol. The van der Waals surface area contributed by atoms with Crippen molar-refractivity contribution in [3.8, 4) is 0 Å². The van der Waals surface area contributed by atoms with Crippen LogP contribution in [-0.4, -0.2) is 29.5 Å². The largest absolute Gasteiger partial charge is 0.469 e. The molecule has 0 unspecified atom stereocenters. The van der Waals surface area contributed by atoms with Gasteiger partial charge in [-0.05, 0) is 28.1 Å². The van der Waals surface area contributed by atoms with Gasteiger partial charge in [0.15, 0.2) is 1.41 Å². The third kappa shape index (κ3) is 1.97. The predicted octanol–water partition coefficient (Wildman–Crippen LogP) is 0.625. The molecule has 0 spiro atoms. The Bertz CT molecular complexity index is 588. The van der Waals surface area contributed by atoms with Gasteiger partial charge in [-0.1, -0.05) is 0 Å². The molecule has 0 saturated carbocycles. The van der Waals surface area contributed by atoms with Gasteiger partial charge in [0.1, 0.15) is 11.7 Å². The van der Waals surface area contributed by atoms with Crippen molar-refractivity contribution < 1.29 is 21.9 Å². The highest BCUT2D eigenvalue weighted by Crippen LogP contribution is 2.27. The van der Waals surface area contributed by atoms with Crippen LogP contribution in [0.1, 0.15) is 24.3 Å². The molecule has 1 atom stereocenters. The fraction of sp³-hybridized carbons (Fsp3) is 0.300. The quantitative estimate of drug-likeness (QED) is 0.642. The van der Waals surface area contributed by atoms with Crippen LogP contribution in [0, 0.1) is 0 Å². The number of nitrogens with zero attached hydrogens (tertiary/aromatic N) is 1. The fourth-order valence-electron chi connectivity index (χ4n) is 1.53. The molecule has 2 heterocycles. The van der Waals surface area contributed by atoms with E-state index in [9.17, 15) is 14.4 Å². The van der Waals surface area contributed by atoms with E-state index in [1.165, 1.54) is 12.1 Å². The summed E-state index contributed by atoms with van der Waals surface area (Å²) in [7, 11) is 1.13. The van der Waals surface area contributed by atoms with Crippen molar-refractivity contribution >= 4 is 33.7 Å². The molecule has 2 rings (SSSR count). The third-order valence-electron chi connectivity index (χ3n) is 2.31. The van der Waals surface area contributed by atoms with Gasteiger partial charge in [-0.3, -0.25) is 19.7 Å². The lowest BCUT2D eigenvalue weighted by molar-refractivity contribution is -0.143. The maximum Gasteiger partial charge on any atom is 0.308 e. The first-order chi connectivity index (χ1) is 8.82. The average molecular weight is 303 g/mol. The second-order valence-corrected chi connectivity index (χ2v) is 4.11. The van der Waals surface area contributed by atoms with E-state index in [4.69, 9.17) is 2.78 Å². The van der Waals surface area contributed by atoms with E-state index in [0.717, 1.165) is 11.7 Å². The number of fused-ring (bicyclic) bond motifs is 1. The van der Waals surface area contributed by atoms with Crippen molar-refractivity contribution in [2.24, 2.45) is 0 Å². The SMILES string of the molecule is [2H]N1C(=O)c2ccc(Br)n2[C@]([2H])(CC(=O)OC)C1=O. The molecule has 0 aliphatic carbocycles. The van der Waals surface area contributed by atoms with Gasteiger partial charge >= 0.3 is 5.97 Å². The Morgan fingerprint density at radius 3 is 3.06 bits per heavy atom. The molecular formula is C10H9BrN2O4. The number of halogens is 1.